The van der Waals surface area contributed by atoms with Gasteiger partial charge in [0.05, 0.1) is 0 Å². The standard InChI is InChI=1S/C7H6N4O5/c12-7(6-4-2-1-3-5-6)8-9(10(13)14)11(15)16/h1-5H,(H,8,12). The third-order valence-corrected chi connectivity index (χ3v) is 1.55. The highest BCUT2D eigenvalue weighted by atomic mass is 16.8. The van der Waals surface area contributed by atoms with Crippen molar-refractivity contribution in [2.24, 2.45) is 0 Å². The maximum atomic E-state index is 11.3. The molecule has 0 aromatic heterocycles. The SMILES string of the molecule is O=C(NN([N+](=O)[O-])[N+](=O)[O-])c1ccccc1. The van der Waals surface area contributed by atoms with E-state index < -0.39 is 21.2 Å². The third-order valence-electron chi connectivity index (χ3n) is 1.55. The van der Waals surface area contributed by atoms with Crippen LogP contribution in [0.1, 0.15) is 10.4 Å². The lowest BCUT2D eigenvalue weighted by molar-refractivity contribution is -0.918. The maximum absolute atomic E-state index is 11.3. The Morgan fingerprint density at radius 3 is 2.06 bits per heavy atom. The van der Waals surface area contributed by atoms with Crippen LogP contribution in [0.3, 0.4) is 0 Å². The zero-order valence-corrected chi connectivity index (χ0v) is 7.77. The van der Waals surface area contributed by atoms with Crippen molar-refractivity contribution >= 4 is 5.91 Å². The first kappa shape index (κ1) is 11.4. The van der Waals surface area contributed by atoms with Gasteiger partial charge in [-0.1, -0.05) is 18.2 Å². The molecule has 0 aliphatic rings. The van der Waals surface area contributed by atoms with E-state index in [-0.39, 0.29) is 5.56 Å². The molecule has 84 valence electrons. The molecule has 0 heterocycles. The Morgan fingerprint density at radius 1 is 1.12 bits per heavy atom. The second-order valence-corrected chi connectivity index (χ2v) is 2.57. The summed E-state index contributed by atoms with van der Waals surface area (Å²) in [6.45, 7) is 0. The summed E-state index contributed by atoms with van der Waals surface area (Å²) in [6, 6.07) is 7.42. The van der Waals surface area contributed by atoms with E-state index in [1.54, 1.807) is 6.07 Å². The average molecular weight is 226 g/mol. The zero-order chi connectivity index (χ0) is 12.1. The number of nitro groups is 2. The van der Waals surface area contributed by atoms with Gasteiger partial charge in [0, 0.05) is 5.56 Å². The molecule has 1 amide bonds. The van der Waals surface area contributed by atoms with E-state index in [1.807, 2.05) is 0 Å². The van der Waals surface area contributed by atoms with Crippen LogP contribution in [-0.4, -0.2) is 21.2 Å². The summed E-state index contributed by atoms with van der Waals surface area (Å²) in [7, 11) is 0. The Morgan fingerprint density at radius 2 is 1.62 bits per heavy atom. The first-order chi connectivity index (χ1) is 7.52. The molecule has 0 aliphatic carbocycles. The summed E-state index contributed by atoms with van der Waals surface area (Å²) < 4.78 is 0. The molecule has 9 nitrogen and oxygen atoms in total. The van der Waals surface area contributed by atoms with Gasteiger partial charge in [0.25, 0.3) is 11.1 Å². The quantitative estimate of drug-likeness (QED) is 0.570. The summed E-state index contributed by atoms with van der Waals surface area (Å²) >= 11 is 0. The topological polar surface area (TPSA) is 119 Å². The van der Waals surface area contributed by atoms with Crippen molar-refractivity contribution in [2.75, 3.05) is 0 Å². The van der Waals surface area contributed by atoms with E-state index in [0.717, 1.165) is 0 Å². The van der Waals surface area contributed by atoms with E-state index in [9.17, 15) is 25.0 Å². The molecule has 0 fully saturated rings. The van der Waals surface area contributed by atoms with E-state index in [0.29, 0.717) is 0 Å². The van der Waals surface area contributed by atoms with Crippen LogP contribution in [0.5, 0.6) is 0 Å². The van der Waals surface area contributed by atoms with Gasteiger partial charge in [-0.25, -0.2) is 20.2 Å². The molecule has 1 aromatic rings. The number of amides is 1. The fourth-order valence-electron chi connectivity index (χ4n) is 0.886. The minimum Gasteiger partial charge on any atom is -0.267 e. The van der Waals surface area contributed by atoms with Crippen molar-refractivity contribution in [3.8, 4) is 0 Å². The van der Waals surface area contributed by atoms with Gasteiger partial charge in [-0.05, 0) is 12.1 Å². The predicted octanol–water partition coefficient (Wildman–Crippen LogP) is 0.0168. The monoisotopic (exact) mass is 226 g/mol. The molecule has 1 aromatic carbocycles. The lowest BCUT2D eigenvalue weighted by Gasteiger charge is -2.04. The summed E-state index contributed by atoms with van der Waals surface area (Å²) in [6.07, 6.45) is 0. The van der Waals surface area contributed by atoms with Crippen LogP contribution in [-0.2, 0) is 0 Å². The second kappa shape index (κ2) is 4.68. The first-order valence-electron chi connectivity index (χ1n) is 3.97. The van der Waals surface area contributed by atoms with Crippen molar-refractivity contribution in [1.29, 1.82) is 0 Å². The van der Waals surface area contributed by atoms with E-state index in [4.69, 9.17) is 0 Å². The minimum absolute atomic E-state index is 0.0798. The van der Waals surface area contributed by atoms with Crippen LogP contribution in [0, 0.1) is 20.2 Å². The Hall–Kier alpha value is -2.71. The Kier molecular flexibility index (Phi) is 3.33. The summed E-state index contributed by atoms with van der Waals surface area (Å²) in [5.41, 5.74) is 1.61. The molecule has 0 unspecified atom stereocenters. The molecule has 0 saturated carbocycles. The molecule has 0 saturated heterocycles. The molecular formula is C7H6N4O5. The highest BCUT2D eigenvalue weighted by Gasteiger charge is 2.30. The van der Waals surface area contributed by atoms with Crippen molar-refractivity contribution in [2.45, 2.75) is 0 Å². The Labute approximate surface area is 88.5 Å². The first-order valence-corrected chi connectivity index (χ1v) is 3.97. The van der Waals surface area contributed by atoms with Crippen molar-refractivity contribution in [1.82, 2.24) is 10.7 Å². The Balaban J connectivity index is 2.77. The van der Waals surface area contributed by atoms with E-state index in [1.165, 1.54) is 29.7 Å². The average Bonchev–Trinajstić information content (AvgIpc) is 2.25. The molecule has 0 atom stereocenters. The van der Waals surface area contributed by atoms with Gasteiger partial charge >= 0.3 is 0 Å². The van der Waals surface area contributed by atoms with Gasteiger partial charge in [-0.3, -0.25) is 4.79 Å². The van der Waals surface area contributed by atoms with E-state index in [2.05, 4.69) is 0 Å². The number of rotatable bonds is 4. The number of carbonyl (C=O) groups excluding carboxylic acids is 1. The van der Waals surface area contributed by atoms with Crippen molar-refractivity contribution < 1.29 is 14.9 Å². The van der Waals surface area contributed by atoms with Crippen LogP contribution in [0.4, 0.5) is 0 Å². The van der Waals surface area contributed by atoms with Crippen LogP contribution >= 0.6 is 0 Å². The van der Waals surface area contributed by atoms with Gasteiger partial charge in [-0.15, -0.1) is 5.43 Å². The number of hydrazine groups is 3. The number of nitrogens with one attached hydrogen (secondary N) is 1. The van der Waals surface area contributed by atoms with Gasteiger partial charge in [0.2, 0.25) is 10.1 Å². The number of carbonyl (C=O) groups is 1. The van der Waals surface area contributed by atoms with Gasteiger partial charge < -0.3 is 0 Å². The molecule has 1 N–H and O–H groups in total. The largest absolute Gasteiger partial charge is 0.283 e. The summed E-state index contributed by atoms with van der Waals surface area (Å²) in [5, 5.41) is 17.1. The fraction of sp³-hybridized carbons (Fsp3) is 0. The Bertz CT molecular complexity index is 406. The molecule has 0 aliphatic heterocycles. The highest BCUT2D eigenvalue weighted by Crippen LogP contribution is 1.98. The molecule has 1 rings (SSSR count). The summed E-state index contributed by atoms with van der Waals surface area (Å²) in [5.74, 6) is -0.936. The van der Waals surface area contributed by atoms with Gasteiger partial charge in [-0.2, -0.15) is 0 Å². The molecule has 0 spiro atoms. The number of benzene rings is 1. The van der Waals surface area contributed by atoms with Crippen molar-refractivity contribution in [3.63, 3.8) is 0 Å². The molecule has 0 radical (unpaired) electrons. The van der Waals surface area contributed by atoms with Crippen LogP contribution in [0.15, 0.2) is 30.3 Å². The zero-order valence-electron chi connectivity index (χ0n) is 7.77. The molecule has 16 heavy (non-hydrogen) atoms. The molecule has 9 heteroatoms. The molecule has 0 bridgehead atoms. The van der Waals surface area contributed by atoms with Crippen LogP contribution < -0.4 is 5.43 Å². The smallest absolute Gasteiger partial charge is 0.267 e. The molecular weight excluding hydrogens is 220 g/mol. The third kappa shape index (κ3) is 2.64. The normalized spacial score (nSPS) is 9.25. The van der Waals surface area contributed by atoms with Gasteiger partial charge in [0.15, 0.2) is 0 Å². The predicted molar refractivity (Wildman–Crippen MR) is 49.7 cm³/mol. The van der Waals surface area contributed by atoms with Gasteiger partial charge in [0.1, 0.15) is 0 Å². The number of nitrogens with zero attached hydrogens (tertiary/aromatic N) is 3. The lowest BCUT2D eigenvalue weighted by Crippen LogP contribution is -2.49. The number of hydrogen-bond donors (Lipinski definition) is 1. The second-order valence-electron chi connectivity index (χ2n) is 2.57. The number of hydrogen-bond acceptors (Lipinski definition) is 5. The maximum Gasteiger partial charge on any atom is 0.283 e. The van der Waals surface area contributed by atoms with Crippen LogP contribution in [0.2, 0.25) is 0 Å². The van der Waals surface area contributed by atoms with Crippen LogP contribution in [0.25, 0.3) is 0 Å². The summed E-state index contributed by atoms with van der Waals surface area (Å²) in [4.78, 5) is 31.7. The van der Waals surface area contributed by atoms with Crippen molar-refractivity contribution in [3.05, 3.63) is 56.1 Å². The highest BCUT2D eigenvalue weighted by molar-refractivity contribution is 5.93. The lowest BCUT2D eigenvalue weighted by atomic mass is 10.2. The van der Waals surface area contributed by atoms with E-state index >= 15 is 0 Å². The minimum atomic E-state index is -1.35. The fourth-order valence-corrected chi connectivity index (χ4v) is 0.886.